The molecule has 0 saturated carbocycles. The molecular weight excluding hydrogens is 470 g/mol. The maximum atomic E-state index is 11.8. The number of alkyl halides is 1. The first-order chi connectivity index (χ1) is 14.1. The van der Waals surface area contributed by atoms with E-state index in [0.29, 0.717) is 11.0 Å². The topological polar surface area (TPSA) is 145 Å². The van der Waals surface area contributed by atoms with Crippen LogP contribution in [0.25, 0.3) is 0 Å². The third kappa shape index (κ3) is 5.98. The Morgan fingerprint density at radius 3 is 2.07 bits per heavy atom. The lowest BCUT2D eigenvalue weighted by molar-refractivity contribution is -0.270. The van der Waals surface area contributed by atoms with Gasteiger partial charge < -0.3 is 23.7 Å². The van der Waals surface area contributed by atoms with Crippen LogP contribution in [0.15, 0.2) is 6.20 Å². The molecule has 1 aliphatic rings. The van der Waals surface area contributed by atoms with Crippen LogP contribution in [0.4, 0.5) is 0 Å². The van der Waals surface area contributed by atoms with Crippen LogP contribution >= 0.6 is 15.9 Å². The Morgan fingerprint density at radius 1 is 0.967 bits per heavy atom. The van der Waals surface area contributed by atoms with E-state index in [9.17, 15) is 19.2 Å². The quantitative estimate of drug-likeness (QED) is 0.297. The summed E-state index contributed by atoms with van der Waals surface area (Å²) < 4.78 is 28.4. The van der Waals surface area contributed by atoms with E-state index in [2.05, 4.69) is 26.2 Å². The average Bonchev–Trinajstić information content (AvgIpc) is 3.10. The predicted octanol–water partition coefficient (Wildman–Crippen LogP) is 0.429. The number of nitrogens with zero attached hydrogens (tertiary/aromatic N) is 3. The molecule has 13 heteroatoms. The van der Waals surface area contributed by atoms with Crippen LogP contribution < -0.4 is 0 Å². The first-order valence-corrected chi connectivity index (χ1v) is 10.0. The Balaban J connectivity index is 2.53. The molecule has 1 saturated heterocycles. The fourth-order valence-corrected chi connectivity index (χ4v) is 3.38. The van der Waals surface area contributed by atoms with Crippen LogP contribution in [-0.2, 0) is 48.2 Å². The molecule has 1 fully saturated rings. The van der Waals surface area contributed by atoms with E-state index < -0.39 is 54.5 Å². The van der Waals surface area contributed by atoms with Crippen LogP contribution in [-0.4, -0.2) is 69.9 Å². The van der Waals surface area contributed by atoms with E-state index in [0.717, 1.165) is 13.8 Å². The molecule has 0 spiro atoms. The highest BCUT2D eigenvalue weighted by molar-refractivity contribution is 9.08. The highest BCUT2D eigenvalue weighted by Gasteiger charge is 2.53. The molecule has 0 amide bonds. The van der Waals surface area contributed by atoms with Crippen molar-refractivity contribution < 1.29 is 42.9 Å². The number of hydrogen-bond donors (Lipinski definition) is 0. The molecule has 1 aromatic rings. The molecule has 5 atom stereocenters. The SMILES string of the molecule is CC(=O)OC[C@H]1O[C@@H](n2nncc2CBr)[C@H](OC(C)=O)[C@@H](OC(C)=O)[C@@H]1OC(C)=O. The van der Waals surface area contributed by atoms with Gasteiger partial charge in [0.15, 0.2) is 24.5 Å². The van der Waals surface area contributed by atoms with Gasteiger partial charge in [-0.3, -0.25) is 19.2 Å². The third-order valence-electron chi connectivity index (χ3n) is 3.99. The van der Waals surface area contributed by atoms with Crippen molar-refractivity contribution in [1.29, 1.82) is 0 Å². The molecule has 1 aliphatic heterocycles. The molecule has 0 N–H and O–H groups in total. The monoisotopic (exact) mass is 491 g/mol. The Bertz CT molecular complexity index is 799. The molecule has 2 rings (SSSR count). The molecule has 12 nitrogen and oxygen atoms in total. The molecule has 166 valence electrons. The minimum atomic E-state index is -1.26. The van der Waals surface area contributed by atoms with E-state index in [1.54, 1.807) is 0 Å². The second-order valence-electron chi connectivity index (χ2n) is 6.39. The summed E-state index contributed by atoms with van der Waals surface area (Å²) in [4.78, 5) is 46.6. The predicted molar refractivity (Wildman–Crippen MR) is 99.9 cm³/mol. The normalized spacial score (nSPS) is 25.8. The van der Waals surface area contributed by atoms with Gasteiger partial charge in [-0.1, -0.05) is 21.1 Å². The van der Waals surface area contributed by atoms with Gasteiger partial charge in [0.05, 0.1) is 11.9 Å². The Hall–Kier alpha value is -2.54. The summed E-state index contributed by atoms with van der Waals surface area (Å²) in [7, 11) is 0. The highest BCUT2D eigenvalue weighted by Crippen LogP contribution is 2.35. The summed E-state index contributed by atoms with van der Waals surface area (Å²) >= 11 is 3.30. The molecule has 0 aliphatic carbocycles. The maximum absolute atomic E-state index is 11.8. The number of carbonyl (C=O) groups is 4. The van der Waals surface area contributed by atoms with Gasteiger partial charge in [0.25, 0.3) is 0 Å². The van der Waals surface area contributed by atoms with E-state index in [1.807, 2.05) is 0 Å². The zero-order chi connectivity index (χ0) is 22.4. The lowest BCUT2D eigenvalue weighted by atomic mass is 9.97. The van der Waals surface area contributed by atoms with Gasteiger partial charge in [-0.15, -0.1) is 5.10 Å². The first kappa shape index (κ1) is 23.7. The van der Waals surface area contributed by atoms with E-state index in [4.69, 9.17) is 23.7 Å². The lowest BCUT2D eigenvalue weighted by Crippen LogP contribution is -2.60. The van der Waals surface area contributed by atoms with Gasteiger partial charge in [0.1, 0.15) is 12.7 Å². The second kappa shape index (κ2) is 10.5. The van der Waals surface area contributed by atoms with Gasteiger partial charge >= 0.3 is 23.9 Å². The van der Waals surface area contributed by atoms with Crippen molar-refractivity contribution in [2.45, 2.75) is 63.7 Å². The molecule has 30 heavy (non-hydrogen) atoms. The summed E-state index contributed by atoms with van der Waals surface area (Å²) in [6, 6.07) is 0. The number of hydrogen-bond acceptors (Lipinski definition) is 11. The summed E-state index contributed by atoms with van der Waals surface area (Å²) in [5.41, 5.74) is 0.566. The Morgan fingerprint density at radius 2 is 1.53 bits per heavy atom. The van der Waals surface area contributed by atoms with Crippen LogP contribution in [0, 0.1) is 0 Å². The average molecular weight is 492 g/mol. The number of aromatic nitrogens is 3. The molecule has 0 aromatic carbocycles. The molecule has 1 aromatic heterocycles. The zero-order valence-electron chi connectivity index (χ0n) is 16.8. The van der Waals surface area contributed by atoms with Crippen LogP contribution in [0.5, 0.6) is 0 Å². The Kier molecular flexibility index (Phi) is 8.29. The Labute approximate surface area is 180 Å². The maximum Gasteiger partial charge on any atom is 0.303 e. The van der Waals surface area contributed by atoms with Crippen molar-refractivity contribution in [2.24, 2.45) is 0 Å². The van der Waals surface area contributed by atoms with Crippen molar-refractivity contribution in [2.75, 3.05) is 6.61 Å². The number of esters is 4. The summed E-state index contributed by atoms with van der Waals surface area (Å²) in [6.07, 6.45) is -4.41. The van der Waals surface area contributed by atoms with Crippen molar-refractivity contribution in [1.82, 2.24) is 15.0 Å². The third-order valence-corrected chi connectivity index (χ3v) is 4.57. The first-order valence-electron chi connectivity index (χ1n) is 8.89. The smallest absolute Gasteiger partial charge is 0.303 e. The number of carbonyl (C=O) groups excluding carboxylic acids is 4. The minimum Gasteiger partial charge on any atom is -0.463 e. The fraction of sp³-hybridized carbons (Fsp3) is 0.647. The molecule has 0 bridgehead atoms. The van der Waals surface area contributed by atoms with Crippen molar-refractivity contribution in [3.8, 4) is 0 Å². The molecule has 2 heterocycles. The number of ether oxygens (including phenoxy) is 5. The number of rotatable bonds is 7. The van der Waals surface area contributed by atoms with E-state index >= 15 is 0 Å². The summed E-state index contributed by atoms with van der Waals surface area (Å²) in [5.74, 6) is -2.69. The summed E-state index contributed by atoms with van der Waals surface area (Å²) in [6.45, 7) is 4.36. The fourth-order valence-electron chi connectivity index (χ4n) is 2.98. The van der Waals surface area contributed by atoms with E-state index in [-0.39, 0.29) is 6.61 Å². The van der Waals surface area contributed by atoms with Crippen molar-refractivity contribution in [3.63, 3.8) is 0 Å². The van der Waals surface area contributed by atoms with Gasteiger partial charge in [-0.2, -0.15) is 0 Å². The second-order valence-corrected chi connectivity index (χ2v) is 6.95. The zero-order valence-corrected chi connectivity index (χ0v) is 18.4. The highest BCUT2D eigenvalue weighted by atomic mass is 79.9. The van der Waals surface area contributed by atoms with Crippen LogP contribution in [0.1, 0.15) is 39.6 Å². The van der Waals surface area contributed by atoms with Gasteiger partial charge in [-0.25, -0.2) is 4.68 Å². The minimum absolute atomic E-state index is 0.313. The van der Waals surface area contributed by atoms with Gasteiger partial charge in [-0.05, 0) is 0 Å². The van der Waals surface area contributed by atoms with Crippen LogP contribution in [0.2, 0.25) is 0 Å². The molecule has 0 radical (unpaired) electrons. The lowest BCUT2D eigenvalue weighted by Gasteiger charge is -2.44. The van der Waals surface area contributed by atoms with Gasteiger partial charge in [0.2, 0.25) is 0 Å². The number of halogens is 1. The largest absolute Gasteiger partial charge is 0.463 e. The van der Waals surface area contributed by atoms with Crippen LogP contribution in [0.3, 0.4) is 0 Å². The van der Waals surface area contributed by atoms with E-state index in [1.165, 1.54) is 24.7 Å². The van der Waals surface area contributed by atoms with Gasteiger partial charge in [0, 0.05) is 33.0 Å². The van der Waals surface area contributed by atoms with Crippen molar-refractivity contribution >= 4 is 39.8 Å². The summed E-state index contributed by atoms with van der Waals surface area (Å²) in [5, 5.41) is 8.12. The standard InChI is InChI=1S/C17H22BrN3O9/c1-8(22)26-7-13-14(27-9(2)23)15(28-10(3)24)16(29-11(4)25)17(30-13)21-12(5-18)6-19-20-21/h6,13-17H,5,7H2,1-4H3/t13-,14-,15+,16-,17-/m1/s1. The van der Waals surface area contributed by atoms with Crippen molar-refractivity contribution in [3.05, 3.63) is 11.9 Å². The molecule has 0 unspecified atom stereocenters. The molecular formula is C17H22BrN3O9.